The van der Waals surface area contributed by atoms with Crippen LogP contribution in [0.25, 0.3) is 5.52 Å². The molecule has 9 heteroatoms. The molecule has 0 saturated carbocycles. The Bertz CT molecular complexity index is 1490. The lowest BCUT2D eigenvalue weighted by Gasteiger charge is -2.37. The number of hydrogen-bond acceptors (Lipinski definition) is 5. The van der Waals surface area contributed by atoms with Gasteiger partial charge in [-0.1, -0.05) is 0 Å². The number of carbonyl (C=O) groups is 1. The summed E-state index contributed by atoms with van der Waals surface area (Å²) in [5.74, 6) is -1.12. The van der Waals surface area contributed by atoms with Gasteiger partial charge in [0.1, 0.15) is 11.6 Å². The highest BCUT2D eigenvalue weighted by molar-refractivity contribution is 6.09. The van der Waals surface area contributed by atoms with Gasteiger partial charge in [0.2, 0.25) is 0 Å². The molecule has 3 atom stereocenters. The average Bonchev–Trinajstić information content (AvgIpc) is 3.57. The van der Waals surface area contributed by atoms with Crippen LogP contribution >= 0.6 is 0 Å². The van der Waals surface area contributed by atoms with Gasteiger partial charge in [0.25, 0.3) is 5.91 Å². The lowest BCUT2D eigenvalue weighted by Crippen LogP contribution is -2.54. The van der Waals surface area contributed by atoms with Gasteiger partial charge < -0.3 is 20.4 Å². The zero-order valence-corrected chi connectivity index (χ0v) is 22.1. The third-order valence-corrected chi connectivity index (χ3v) is 7.70. The monoisotopic (exact) mass is 530 g/mol. The summed E-state index contributed by atoms with van der Waals surface area (Å²) in [5, 5.41) is 10.9. The van der Waals surface area contributed by atoms with Gasteiger partial charge in [-0.25, -0.2) is 13.3 Å². The number of amides is 1. The number of piperazine rings is 1. The van der Waals surface area contributed by atoms with Gasteiger partial charge >= 0.3 is 0 Å². The molecule has 202 valence electrons. The maximum atomic E-state index is 14.6. The Balaban J connectivity index is 1.22. The SMILES string of the molecule is C[C@@H]1CN(c2ccc(NC(=O)c3cnn4ccc(N5CCC[C@@H]5c5cc(F)ccc5F)cc34)cc2)C[C@H](C)N1. The van der Waals surface area contributed by atoms with E-state index in [1.54, 1.807) is 16.9 Å². The molecule has 2 aromatic heterocycles. The zero-order chi connectivity index (χ0) is 27.1. The molecule has 2 aromatic carbocycles. The Kier molecular flexibility index (Phi) is 6.68. The Morgan fingerprint density at radius 3 is 2.54 bits per heavy atom. The molecule has 0 spiro atoms. The first-order chi connectivity index (χ1) is 18.9. The van der Waals surface area contributed by atoms with Crippen LogP contribution in [0.4, 0.5) is 25.8 Å². The molecule has 0 aliphatic carbocycles. The molecule has 0 unspecified atom stereocenters. The number of hydrogen-bond donors (Lipinski definition) is 2. The van der Waals surface area contributed by atoms with Crippen molar-refractivity contribution in [1.82, 2.24) is 14.9 Å². The molecule has 39 heavy (non-hydrogen) atoms. The van der Waals surface area contributed by atoms with Crippen molar-refractivity contribution in [2.24, 2.45) is 0 Å². The third kappa shape index (κ3) is 5.06. The summed E-state index contributed by atoms with van der Waals surface area (Å²) in [5.41, 5.74) is 4.12. The van der Waals surface area contributed by atoms with Gasteiger partial charge in [0.05, 0.1) is 23.3 Å². The van der Waals surface area contributed by atoms with Crippen LogP contribution in [0, 0.1) is 11.6 Å². The number of anilines is 3. The Morgan fingerprint density at radius 2 is 1.77 bits per heavy atom. The smallest absolute Gasteiger partial charge is 0.259 e. The molecule has 2 aliphatic heterocycles. The maximum absolute atomic E-state index is 14.6. The number of nitrogens with zero attached hydrogens (tertiary/aromatic N) is 4. The van der Waals surface area contributed by atoms with Crippen molar-refractivity contribution in [3.05, 3.63) is 89.8 Å². The highest BCUT2D eigenvalue weighted by Crippen LogP contribution is 2.38. The molecular formula is C30H32F2N6O. The minimum Gasteiger partial charge on any atom is -0.368 e. The summed E-state index contributed by atoms with van der Waals surface area (Å²) in [7, 11) is 0. The minimum atomic E-state index is -0.450. The third-order valence-electron chi connectivity index (χ3n) is 7.70. The van der Waals surface area contributed by atoms with Crippen LogP contribution in [0.5, 0.6) is 0 Å². The summed E-state index contributed by atoms with van der Waals surface area (Å²) in [6.07, 6.45) is 4.93. The fourth-order valence-corrected chi connectivity index (χ4v) is 5.98. The molecule has 1 amide bonds. The second kappa shape index (κ2) is 10.3. The lowest BCUT2D eigenvalue weighted by atomic mass is 10.0. The average molecular weight is 531 g/mol. The minimum absolute atomic E-state index is 0.256. The van der Waals surface area contributed by atoms with Crippen LogP contribution in [0.3, 0.4) is 0 Å². The number of nitrogens with one attached hydrogen (secondary N) is 2. The molecule has 4 aromatic rings. The van der Waals surface area contributed by atoms with Crippen molar-refractivity contribution in [2.45, 2.75) is 44.8 Å². The number of aromatic nitrogens is 2. The molecule has 0 radical (unpaired) electrons. The van der Waals surface area contributed by atoms with E-state index in [2.05, 4.69) is 39.4 Å². The molecule has 0 bridgehead atoms. The van der Waals surface area contributed by atoms with E-state index < -0.39 is 11.6 Å². The summed E-state index contributed by atoms with van der Waals surface area (Å²) in [4.78, 5) is 17.7. The van der Waals surface area contributed by atoms with E-state index in [9.17, 15) is 13.6 Å². The number of benzene rings is 2. The summed E-state index contributed by atoms with van der Waals surface area (Å²) >= 11 is 0. The lowest BCUT2D eigenvalue weighted by molar-refractivity contribution is 0.102. The summed E-state index contributed by atoms with van der Waals surface area (Å²) in [6.45, 7) is 6.95. The Labute approximate surface area is 226 Å². The molecule has 2 N–H and O–H groups in total. The highest BCUT2D eigenvalue weighted by Gasteiger charge is 2.29. The van der Waals surface area contributed by atoms with Gasteiger partial charge in [-0.15, -0.1) is 0 Å². The molecule has 2 aliphatic rings. The van der Waals surface area contributed by atoms with E-state index in [4.69, 9.17) is 0 Å². The molecule has 2 saturated heterocycles. The van der Waals surface area contributed by atoms with Crippen LogP contribution in [-0.4, -0.2) is 47.2 Å². The van der Waals surface area contributed by atoms with Gasteiger partial charge in [0, 0.05) is 60.5 Å². The van der Waals surface area contributed by atoms with Crippen LogP contribution in [0.1, 0.15) is 48.7 Å². The summed E-state index contributed by atoms with van der Waals surface area (Å²) in [6, 6.07) is 15.9. The molecule has 6 rings (SSSR count). The van der Waals surface area contributed by atoms with Crippen LogP contribution in [0.15, 0.2) is 67.0 Å². The van der Waals surface area contributed by atoms with E-state index >= 15 is 0 Å². The standard InChI is InChI=1S/C30H32F2N6O/c1-19-17-36(18-20(2)34-19)23-8-6-22(7-9-23)35-30(39)26-16-33-38-13-11-24(15-29(26)38)37-12-3-4-28(37)25-14-21(31)5-10-27(25)32/h5-11,13-16,19-20,28,34H,3-4,12,17-18H2,1-2H3,(H,35,39)/t19-,20+,28-/m1/s1. The first-order valence-electron chi connectivity index (χ1n) is 13.5. The molecule has 7 nitrogen and oxygen atoms in total. The number of pyridine rings is 1. The van der Waals surface area contributed by atoms with E-state index in [1.807, 2.05) is 36.4 Å². The number of rotatable bonds is 5. The highest BCUT2D eigenvalue weighted by atomic mass is 19.1. The number of carbonyl (C=O) groups excluding carboxylic acids is 1. The van der Waals surface area contributed by atoms with Crippen molar-refractivity contribution in [3.63, 3.8) is 0 Å². The van der Waals surface area contributed by atoms with Crippen molar-refractivity contribution in [2.75, 3.05) is 34.8 Å². The number of halogens is 2. The molecule has 4 heterocycles. The van der Waals surface area contributed by atoms with Crippen LogP contribution in [-0.2, 0) is 0 Å². The largest absolute Gasteiger partial charge is 0.368 e. The molecular weight excluding hydrogens is 498 g/mol. The van der Waals surface area contributed by atoms with E-state index in [0.717, 1.165) is 43.4 Å². The first kappa shape index (κ1) is 25.3. The fraction of sp³-hybridized carbons (Fsp3) is 0.333. The normalized spacial score (nSPS) is 21.5. The predicted molar refractivity (Wildman–Crippen MR) is 150 cm³/mol. The zero-order valence-electron chi connectivity index (χ0n) is 22.1. The topological polar surface area (TPSA) is 64.9 Å². The number of fused-ring (bicyclic) bond motifs is 1. The quantitative estimate of drug-likeness (QED) is 0.362. The second-order valence-corrected chi connectivity index (χ2v) is 10.7. The van der Waals surface area contributed by atoms with Crippen molar-refractivity contribution < 1.29 is 13.6 Å². The van der Waals surface area contributed by atoms with Crippen molar-refractivity contribution in [1.29, 1.82) is 0 Å². The van der Waals surface area contributed by atoms with Gasteiger partial charge in [-0.3, -0.25) is 4.79 Å². The van der Waals surface area contributed by atoms with Crippen LogP contribution < -0.4 is 20.4 Å². The summed E-state index contributed by atoms with van der Waals surface area (Å²) < 4.78 is 30.2. The van der Waals surface area contributed by atoms with Crippen LogP contribution in [0.2, 0.25) is 0 Å². The van der Waals surface area contributed by atoms with E-state index in [-0.39, 0.29) is 11.9 Å². The predicted octanol–water partition coefficient (Wildman–Crippen LogP) is 5.39. The van der Waals surface area contributed by atoms with E-state index in [0.29, 0.717) is 41.0 Å². The van der Waals surface area contributed by atoms with E-state index in [1.165, 1.54) is 12.1 Å². The van der Waals surface area contributed by atoms with Gasteiger partial charge in [-0.2, -0.15) is 5.10 Å². The Morgan fingerprint density at radius 1 is 1.00 bits per heavy atom. The van der Waals surface area contributed by atoms with Gasteiger partial charge in [-0.05, 0) is 81.3 Å². The first-order valence-corrected chi connectivity index (χ1v) is 13.5. The second-order valence-electron chi connectivity index (χ2n) is 10.7. The fourth-order valence-electron chi connectivity index (χ4n) is 5.98. The van der Waals surface area contributed by atoms with Crippen molar-refractivity contribution in [3.8, 4) is 0 Å². The van der Waals surface area contributed by atoms with Gasteiger partial charge in [0.15, 0.2) is 0 Å². The van der Waals surface area contributed by atoms with Crippen molar-refractivity contribution >= 4 is 28.5 Å². The maximum Gasteiger partial charge on any atom is 0.259 e. The Hall–Kier alpha value is -3.98. The molecule has 2 fully saturated rings.